The Balaban J connectivity index is 1.68. The quantitative estimate of drug-likeness (QED) is 0.527. The van der Waals surface area contributed by atoms with E-state index in [0.717, 1.165) is 18.0 Å². The molecule has 3 rings (SSSR count). The fourth-order valence-corrected chi connectivity index (χ4v) is 5.90. The molecule has 1 aliphatic rings. The van der Waals surface area contributed by atoms with Gasteiger partial charge in [-0.3, -0.25) is 4.79 Å². The van der Waals surface area contributed by atoms with Gasteiger partial charge in [-0.2, -0.15) is 5.26 Å². The van der Waals surface area contributed by atoms with E-state index in [9.17, 15) is 14.9 Å². The van der Waals surface area contributed by atoms with Crippen molar-refractivity contribution in [1.82, 2.24) is 4.98 Å². The number of rotatable bonds is 10. The summed E-state index contributed by atoms with van der Waals surface area (Å²) in [6.45, 7) is 3.36. The van der Waals surface area contributed by atoms with E-state index in [-0.39, 0.29) is 29.2 Å². The first-order valence-electron chi connectivity index (χ1n) is 10.1. The summed E-state index contributed by atoms with van der Waals surface area (Å²) in [5, 5.41) is 20.2. The van der Waals surface area contributed by atoms with Gasteiger partial charge >= 0.3 is 5.97 Å². The molecule has 0 amide bonds. The number of hydrogen-bond acceptors (Lipinski definition) is 8. The third-order valence-electron chi connectivity index (χ3n) is 5.63. The van der Waals surface area contributed by atoms with Crippen LogP contribution in [-0.4, -0.2) is 47.8 Å². The summed E-state index contributed by atoms with van der Waals surface area (Å²) in [6.07, 6.45) is 1.00. The average molecular weight is 460 g/mol. The van der Waals surface area contributed by atoms with E-state index in [0.29, 0.717) is 29.5 Å². The summed E-state index contributed by atoms with van der Waals surface area (Å²) in [7, 11) is 1.63. The molecule has 164 valence electrons. The lowest BCUT2D eigenvalue weighted by Crippen LogP contribution is -2.34. The first kappa shape index (κ1) is 23.1. The van der Waals surface area contributed by atoms with Crippen molar-refractivity contribution in [3.8, 4) is 11.8 Å². The van der Waals surface area contributed by atoms with Crippen LogP contribution >= 0.6 is 23.1 Å². The standard InChI is InChI=1S/C22H25N3O4S2/c1-3-25(15-5-4-6-16(10-15)29-2)12-18-17(14(11-23)9-20(18)26)7-8-30-22-24-19(13-31-22)21(27)28/h4-6,10,13-14,17-18H,3,7-9,12H2,1-2H3,(H,27,28)/t14?,17-,18+/m0/s1. The van der Waals surface area contributed by atoms with Crippen LogP contribution in [0.1, 0.15) is 30.3 Å². The SMILES string of the molecule is CCN(C[C@H]1C(=O)CC(C#N)[C@@H]1CCSc1nc(C(=O)O)cs1)c1cccc(OC)c1. The van der Waals surface area contributed by atoms with Gasteiger partial charge in [-0.25, -0.2) is 9.78 Å². The van der Waals surface area contributed by atoms with Crippen molar-refractivity contribution >= 4 is 40.5 Å². The first-order valence-corrected chi connectivity index (χ1v) is 12.0. The predicted octanol–water partition coefficient (Wildman–Crippen LogP) is 4.20. The van der Waals surface area contributed by atoms with Crippen LogP contribution in [0.5, 0.6) is 5.75 Å². The summed E-state index contributed by atoms with van der Waals surface area (Å²) in [6, 6.07) is 10.1. The Kier molecular flexibility index (Phi) is 7.93. The molecular weight excluding hydrogens is 434 g/mol. The molecule has 1 heterocycles. The highest BCUT2D eigenvalue weighted by Crippen LogP contribution is 2.39. The number of thioether (sulfide) groups is 1. The second-order valence-electron chi connectivity index (χ2n) is 7.36. The number of hydrogen-bond donors (Lipinski definition) is 1. The maximum absolute atomic E-state index is 12.8. The highest BCUT2D eigenvalue weighted by atomic mass is 32.2. The van der Waals surface area contributed by atoms with E-state index in [4.69, 9.17) is 9.84 Å². The molecule has 31 heavy (non-hydrogen) atoms. The van der Waals surface area contributed by atoms with Gasteiger partial charge < -0.3 is 14.7 Å². The summed E-state index contributed by atoms with van der Waals surface area (Å²) in [5.41, 5.74) is 1.04. The predicted molar refractivity (Wildman–Crippen MR) is 121 cm³/mol. The molecule has 9 heteroatoms. The van der Waals surface area contributed by atoms with Crippen LogP contribution < -0.4 is 9.64 Å². The monoisotopic (exact) mass is 459 g/mol. The molecule has 3 atom stereocenters. The molecule has 1 aliphatic carbocycles. The molecule has 1 unspecified atom stereocenters. The number of aromatic nitrogens is 1. The van der Waals surface area contributed by atoms with Gasteiger partial charge in [-0.15, -0.1) is 11.3 Å². The van der Waals surface area contributed by atoms with Crippen molar-refractivity contribution in [3.63, 3.8) is 0 Å². The number of ether oxygens (including phenoxy) is 1. The minimum atomic E-state index is -1.04. The van der Waals surface area contributed by atoms with Crippen LogP contribution in [0.25, 0.3) is 0 Å². The van der Waals surface area contributed by atoms with Gasteiger partial charge in [-0.05, 0) is 31.4 Å². The molecule has 0 aliphatic heterocycles. The topological polar surface area (TPSA) is 104 Å². The van der Waals surface area contributed by atoms with Crippen LogP contribution in [0.4, 0.5) is 5.69 Å². The number of carboxylic acids is 1. The van der Waals surface area contributed by atoms with Gasteiger partial charge in [0, 0.05) is 48.3 Å². The second-order valence-corrected chi connectivity index (χ2v) is 9.56. The van der Waals surface area contributed by atoms with Crippen LogP contribution in [0.3, 0.4) is 0 Å². The normalized spacial score (nSPS) is 20.4. The number of methoxy groups -OCH3 is 1. The molecule has 1 N–H and O–H groups in total. The number of benzene rings is 1. The van der Waals surface area contributed by atoms with Crippen LogP contribution in [-0.2, 0) is 4.79 Å². The number of nitriles is 1. The van der Waals surface area contributed by atoms with Crippen molar-refractivity contribution in [3.05, 3.63) is 35.3 Å². The number of aromatic carboxylic acids is 1. The molecule has 1 saturated carbocycles. The smallest absolute Gasteiger partial charge is 0.355 e. The molecule has 0 saturated heterocycles. The number of Topliss-reactive ketones (excluding diaryl/α,β-unsaturated/α-hetero) is 1. The third-order valence-corrected chi connectivity index (χ3v) is 7.68. The van der Waals surface area contributed by atoms with Gasteiger partial charge in [0.05, 0.1) is 19.1 Å². The Morgan fingerprint density at radius 2 is 2.29 bits per heavy atom. The van der Waals surface area contributed by atoms with Gasteiger partial charge in [0.1, 0.15) is 11.5 Å². The summed E-state index contributed by atoms with van der Waals surface area (Å²) in [5.74, 6) is 0.0426. The molecule has 7 nitrogen and oxygen atoms in total. The maximum Gasteiger partial charge on any atom is 0.355 e. The van der Waals surface area contributed by atoms with Crippen molar-refractivity contribution in [2.24, 2.45) is 17.8 Å². The van der Waals surface area contributed by atoms with Crippen LogP contribution in [0.15, 0.2) is 34.0 Å². The fourth-order valence-electron chi connectivity index (χ4n) is 3.99. The Morgan fingerprint density at radius 1 is 1.48 bits per heavy atom. The molecular formula is C22H25N3O4S2. The van der Waals surface area contributed by atoms with E-state index in [1.54, 1.807) is 7.11 Å². The molecule has 1 fully saturated rings. The van der Waals surface area contributed by atoms with E-state index in [2.05, 4.69) is 16.0 Å². The lowest BCUT2D eigenvalue weighted by Gasteiger charge is -2.29. The first-order chi connectivity index (χ1) is 15.0. The third kappa shape index (κ3) is 5.57. The molecule has 0 radical (unpaired) electrons. The Hall–Kier alpha value is -2.57. The van der Waals surface area contributed by atoms with Crippen LogP contribution in [0.2, 0.25) is 0 Å². The Bertz CT molecular complexity index is 972. The van der Waals surface area contributed by atoms with Crippen molar-refractivity contribution in [1.29, 1.82) is 5.26 Å². The van der Waals surface area contributed by atoms with E-state index >= 15 is 0 Å². The minimum absolute atomic E-state index is 0.0245. The minimum Gasteiger partial charge on any atom is -0.497 e. The fraction of sp³-hybridized carbons (Fsp3) is 0.455. The maximum atomic E-state index is 12.8. The number of anilines is 1. The number of carbonyl (C=O) groups excluding carboxylic acids is 1. The summed E-state index contributed by atoms with van der Waals surface area (Å²) in [4.78, 5) is 30.0. The zero-order chi connectivity index (χ0) is 22.4. The van der Waals surface area contributed by atoms with Gasteiger partial charge in [0.15, 0.2) is 10.0 Å². The van der Waals surface area contributed by atoms with Gasteiger partial charge in [0.2, 0.25) is 0 Å². The number of carboxylic acid groups (broad SMARTS) is 1. The second kappa shape index (κ2) is 10.6. The average Bonchev–Trinajstić information content (AvgIpc) is 3.37. The van der Waals surface area contributed by atoms with E-state index < -0.39 is 5.97 Å². The zero-order valence-corrected chi connectivity index (χ0v) is 19.1. The molecule has 1 aromatic carbocycles. The Labute approximate surface area is 190 Å². The lowest BCUT2D eigenvalue weighted by atomic mass is 9.87. The van der Waals surface area contributed by atoms with Crippen LogP contribution in [0, 0.1) is 29.1 Å². The molecule has 1 aromatic heterocycles. The molecule has 0 spiro atoms. The number of thiazole rings is 1. The van der Waals surface area contributed by atoms with E-state index in [1.807, 2.05) is 31.2 Å². The van der Waals surface area contributed by atoms with Gasteiger partial charge in [-0.1, -0.05) is 17.8 Å². The number of nitrogens with zero attached hydrogens (tertiary/aromatic N) is 3. The van der Waals surface area contributed by atoms with Crippen molar-refractivity contribution < 1.29 is 19.4 Å². The highest BCUT2D eigenvalue weighted by molar-refractivity contribution is 8.01. The van der Waals surface area contributed by atoms with Crippen molar-refractivity contribution in [2.45, 2.75) is 24.1 Å². The largest absolute Gasteiger partial charge is 0.497 e. The van der Waals surface area contributed by atoms with Crippen molar-refractivity contribution in [2.75, 3.05) is 30.9 Å². The van der Waals surface area contributed by atoms with E-state index in [1.165, 1.54) is 28.5 Å². The number of ketones is 1. The highest BCUT2D eigenvalue weighted by Gasteiger charge is 2.42. The van der Waals surface area contributed by atoms with Gasteiger partial charge in [0.25, 0.3) is 0 Å². The summed E-state index contributed by atoms with van der Waals surface area (Å²) >= 11 is 2.78. The zero-order valence-electron chi connectivity index (χ0n) is 17.5. The molecule has 2 aromatic rings. The number of carbonyl (C=O) groups is 2. The summed E-state index contributed by atoms with van der Waals surface area (Å²) < 4.78 is 6.02. The Morgan fingerprint density at radius 3 is 2.94 bits per heavy atom. The molecule has 0 bridgehead atoms. The lowest BCUT2D eigenvalue weighted by molar-refractivity contribution is -0.121.